The van der Waals surface area contributed by atoms with E-state index < -0.39 is 57.0 Å². The summed E-state index contributed by atoms with van der Waals surface area (Å²) in [4.78, 5) is 86.4. The Morgan fingerprint density at radius 1 is 0.600 bits per heavy atom. The van der Waals surface area contributed by atoms with Crippen LogP contribution in [0, 0.1) is 0 Å². The van der Waals surface area contributed by atoms with Crippen LogP contribution in [0.2, 0.25) is 0 Å². The Labute approximate surface area is 432 Å². The van der Waals surface area contributed by atoms with Gasteiger partial charge in [-0.2, -0.15) is 0 Å². The highest BCUT2D eigenvalue weighted by Crippen LogP contribution is 2.29. The van der Waals surface area contributed by atoms with Gasteiger partial charge >= 0.3 is 35.8 Å². The normalized spacial score (nSPS) is 11.8. The number of aliphatic carboxylic acids is 4. The van der Waals surface area contributed by atoms with E-state index in [2.05, 4.69) is 42.4 Å². The van der Waals surface area contributed by atoms with Crippen molar-refractivity contribution in [3.8, 4) is 0 Å². The number of unbranched alkanes of at least 4 members (excludes halogenated alkanes) is 11. The zero-order chi connectivity index (χ0) is 53.3. The average molecular weight is 1100 g/mol. The Morgan fingerprint density at radius 3 is 1.57 bits per heavy atom. The largest absolute Gasteiger partial charge is 0.480 e. The maximum atomic E-state index is 12.3. The molecule has 0 heterocycles. The molecular weight excluding hydrogens is 1030 g/mol. The van der Waals surface area contributed by atoms with Gasteiger partial charge < -0.3 is 30.6 Å². The second-order valence-corrected chi connectivity index (χ2v) is 17.8. The highest BCUT2D eigenvalue weighted by Gasteiger charge is 2.24. The summed E-state index contributed by atoms with van der Waals surface area (Å²) in [5.74, 6) is -8.26. The average Bonchev–Trinajstić information content (AvgIpc) is 3.33. The second-order valence-electron chi connectivity index (χ2n) is 15.7. The molecule has 14 nitrogen and oxygen atoms in total. The predicted molar refractivity (Wildman–Crippen MR) is 276 cm³/mol. The molecule has 70 heavy (non-hydrogen) atoms. The predicted octanol–water partition coefficient (Wildman–Crippen LogP) is 13.7. The fraction of sp³-hybridized carbons (Fsp3) is 0.385. The molecule has 0 aromatic heterocycles. The van der Waals surface area contributed by atoms with Gasteiger partial charge in [-0.25, -0.2) is 24.0 Å². The molecule has 18 heteroatoms. The van der Waals surface area contributed by atoms with E-state index in [1.165, 1.54) is 90.0 Å². The molecule has 2 atom stereocenters. The first kappa shape index (κ1) is 64.4. The summed E-state index contributed by atoms with van der Waals surface area (Å²) in [6.45, 7) is 9.14. The standard InChI is InChI=1S/C28H44O3.C10H8O5.C9H7BrO2.C5H3Cl3O4/c1-4-6-7-8-9-10-11-12-13-14-15-16-19-24(18-5-2)25-20-17-21-26(22-25)27(29)23(3)28(30)31;1-5(11)6-2-3-7(9(12)13)8(4-6)10(14)15;10-8(9(11)12)6-7-4-2-1-3-5-7;6-1(2(7)4(9)10)3(8)5(11)12/h17,20-22,24H,3-16,18-19H2,1-2H3,(H,30,31);2-4H,1H3,(H,12,13)(H,14,15);1-6H,(H,11,12);2H,(H,9,10)(H,11,12). The van der Waals surface area contributed by atoms with Gasteiger partial charge in [0.15, 0.2) is 16.9 Å². The summed E-state index contributed by atoms with van der Waals surface area (Å²) in [6.07, 6.45) is 21.1. The van der Waals surface area contributed by atoms with Crippen LogP contribution in [0.15, 0.2) is 99.5 Å². The van der Waals surface area contributed by atoms with Gasteiger partial charge in [0.2, 0.25) is 0 Å². The van der Waals surface area contributed by atoms with Crippen LogP contribution in [0.1, 0.15) is 176 Å². The van der Waals surface area contributed by atoms with Crippen LogP contribution in [-0.4, -0.2) is 83.4 Å². The molecule has 3 aromatic carbocycles. The van der Waals surface area contributed by atoms with Crippen molar-refractivity contribution >= 4 is 104 Å². The number of alkyl halides is 1. The molecule has 0 radical (unpaired) electrons. The molecule has 0 aliphatic heterocycles. The molecule has 3 rings (SSSR count). The van der Waals surface area contributed by atoms with E-state index in [4.69, 9.17) is 65.4 Å². The Hall–Kier alpha value is -5.61. The van der Waals surface area contributed by atoms with E-state index >= 15 is 0 Å². The summed E-state index contributed by atoms with van der Waals surface area (Å²) in [6, 6.07) is 20.2. The molecule has 6 N–H and O–H groups in total. The molecule has 2 unspecified atom stereocenters. The molecular formula is C52H62BrCl3O14. The fourth-order valence-electron chi connectivity index (χ4n) is 6.47. The van der Waals surface area contributed by atoms with Crippen molar-refractivity contribution in [3.05, 3.63) is 133 Å². The third kappa shape index (κ3) is 26.4. The first-order valence-electron chi connectivity index (χ1n) is 22.5. The summed E-state index contributed by atoms with van der Waals surface area (Å²) in [5.41, 5.74) is 1.55. The first-order valence-corrected chi connectivity index (χ1v) is 24.5. The lowest BCUT2D eigenvalue weighted by Crippen LogP contribution is -2.15. The SMILES string of the molecule is C=C(C(=O)O)C(=O)c1cccc(C(CCC)CCCCCCCCCCCCCC)c1.CC(=O)c1ccc(C(=O)O)c(C(=O)O)c1.O=C(O)C(Br)=Cc1ccccc1.O=C(O)C(Cl)=C(Cl)C(Cl)C(=O)O. The third-order valence-electron chi connectivity index (χ3n) is 10.2. The summed E-state index contributed by atoms with van der Waals surface area (Å²) >= 11 is 18.4. The minimum Gasteiger partial charge on any atom is -0.480 e. The van der Waals surface area contributed by atoms with E-state index in [0.717, 1.165) is 42.5 Å². The maximum absolute atomic E-state index is 12.3. The molecule has 0 fully saturated rings. The lowest BCUT2D eigenvalue weighted by atomic mass is 9.87. The zero-order valence-electron chi connectivity index (χ0n) is 39.4. The molecule has 3 aromatic rings. The Morgan fingerprint density at radius 2 is 1.13 bits per heavy atom. The van der Waals surface area contributed by atoms with Crippen LogP contribution >= 0.6 is 50.7 Å². The minimum absolute atomic E-state index is 0.161. The van der Waals surface area contributed by atoms with Gasteiger partial charge in [0.1, 0.15) is 15.1 Å². The number of carboxylic acids is 6. The molecule has 0 aliphatic carbocycles. The van der Waals surface area contributed by atoms with Gasteiger partial charge in [-0.05, 0) is 77.0 Å². The summed E-state index contributed by atoms with van der Waals surface area (Å²) in [7, 11) is 0. The van der Waals surface area contributed by atoms with Crippen molar-refractivity contribution in [2.45, 2.75) is 128 Å². The molecule has 0 bridgehead atoms. The smallest absolute Gasteiger partial charge is 0.348 e. The molecule has 0 amide bonds. The van der Waals surface area contributed by atoms with Crippen molar-refractivity contribution in [2.24, 2.45) is 0 Å². The first-order chi connectivity index (χ1) is 33.0. The number of carbonyl (C=O) groups excluding carboxylic acids is 2. The lowest BCUT2D eigenvalue weighted by Gasteiger charge is -2.17. The van der Waals surface area contributed by atoms with Crippen molar-refractivity contribution in [1.82, 2.24) is 0 Å². The highest BCUT2D eigenvalue weighted by atomic mass is 79.9. The van der Waals surface area contributed by atoms with Crippen molar-refractivity contribution in [1.29, 1.82) is 0 Å². The number of Topliss-reactive ketones (excluding diaryl/α,β-unsaturated/α-hetero) is 2. The quantitative estimate of drug-likeness (QED) is 0.0104. The third-order valence-corrected chi connectivity index (χ3v) is 12.2. The second kappa shape index (κ2) is 36.3. The number of ketones is 2. The topological polar surface area (TPSA) is 258 Å². The Bertz CT molecular complexity index is 2290. The minimum atomic E-state index is -1.63. The van der Waals surface area contributed by atoms with Crippen LogP contribution in [0.4, 0.5) is 0 Å². The van der Waals surface area contributed by atoms with Crippen LogP contribution in [-0.2, 0) is 19.2 Å². The molecule has 0 saturated heterocycles. The number of hydrogen-bond acceptors (Lipinski definition) is 8. The number of carboxylic acid groups (broad SMARTS) is 6. The van der Waals surface area contributed by atoms with Crippen molar-refractivity contribution in [2.75, 3.05) is 0 Å². The van der Waals surface area contributed by atoms with E-state index in [1.54, 1.807) is 12.1 Å². The zero-order valence-corrected chi connectivity index (χ0v) is 43.3. The number of halogens is 4. The molecule has 0 saturated carbocycles. The van der Waals surface area contributed by atoms with Gasteiger partial charge in [-0.1, -0.05) is 182 Å². The lowest BCUT2D eigenvalue weighted by molar-refractivity contribution is -0.136. The van der Waals surface area contributed by atoms with E-state index in [-0.39, 0.29) is 32.5 Å². The Balaban J connectivity index is 0.00000101. The van der Waals surface area contributed by atoms with Gasteiger partial charge in [0.05, 0.1) is 16.2 Å². The van der Waals surface area contributed by atoms with Crippen molar-refractivity contribution in [3.63, 3.8) is 0 Å². The van der Waals surface area contributed by atoms with Crippen LogP contribution in [0.25, 0.3) is 6.08 Å². The molecule has 382 valence electrons. The molecule has 0 aliphatic rings. The number of rotatable bonds is 27. The Kier molecular flexibility index (Phi) is 33.4. The fourth-order valence-corrected chi connectivity index (χ4v) is 7.18. The van der Waals surface area contributed by atoms with E-state index in [1.807, 2.05) is 42.5 Å². The molecule has 0 spiro atoms. The van der Waals surface area contributed by atoms with Crippen molar-refractivity contribution < 1.29 is 69.0 Å². The van der Waals surface area contributed by atoms with E-state index in [9.17, 15) is 38.4 Å². The number of aromatic carboxylic acids is 2. The monoisotopic (exact) mass is 1090 g/mol. The van der Waals surface area contributed by atoms with Gasteiger partial charge in [-0.3, -0.25) is 14.4 Å². The van der Waals surface area contributed by atoms with Crippen LogP contribution < -0.4 is 0 Å². The maximum Gasteiger partial charge on any atom is 0.348 e. The van der Waals surface area contributed by atoms with Crippen LogP contribution in [0.5, 0.6) is 0 Å². The van der Waals surface area contributed by atoms with Crippen LogP contribution in [0.3, 0.4) is 0 Å². The van der Waals surface area contributed by atoms with Gasteiger partial charge in [-0.15, -0.1) is 11.6 Å². The number of hydrogen-bond donors (Lipinski definition) is 6. The highest BCUT2D eigenvalue weighted by molar-refractivity contribution is 9.12. The van der Waals surface area contributed by atoms with E-state index in [0.29, 0.717) is 11.5 Å². The van der Waals surface area contributed by atoms with Gasteiger partial charge in [0, 0.05) is 11.1 Å². The summed E-state index contributed by atoms with van der Waals surface area (Å²) < 4.78 is 0.161. The summed E-state index contributed by atoms with van der Waals surface area (Å²) in [5, 5.41) is 48.5. The number of benzene rings is 3. The van der Waals surface area contributed by atoms with Gasteiger partial charge in [0.25, 0.3) is 0 Å². The number of carbonyl (C=O) groups is 8.